The summed E-state index contributed by atoms with van der Waals surface area (Å²) in [4.78, 5) is 15.0. The molecule has 11 heteroatoms. The van der Waals surface area contributed by atoms with E-state index in [0.29, 0.717) is 6.04 Å². The summed E-state index contributed by atoms with van der Waals surface area (Å²) in [6, 6.07) is 13.9. The first-order valence-electron chi connectivity index (χ1n) is 12.4. The monoisotopic (exact) mass is 536 g/mol. The number of nitro benzene ring substituents is 1. The highest BCUT2D eigenvalue weighted by Crippen LogP contribution is 2.38. The van der Waals surface area contributed by atoms with Crippen molar-refractivity contribution >= 4 is 27.3 Å². The summed E-state index contributed by atoms with van der Waals surface area (Å²) in [6.07, 6.45) is 7.80. The van der Waals surface area contributed by atoms with Gasteiger partial charge in [-0.25, -0.2) is 4.98 Å². The smallest absolute Gasteiger partial charge is 0.339 e. The molecule has 2 aromatic heterocycles. The number of hydrogen-bond acceptors (Lipinski definition) is 8. The minimum Gasteiger partial charge on any atom is -0.493 e. The van der Waals surface area contributed by atoms with Gasteiger partial charge >= 0.3 is 10.1 Å². The van der Waals surface area contributed by atoms with Crippen LogP contribution in [0.15, 0.2) is 65.7 Å². The SMILES string of the molecule is COc1cc(-c2nc3cc(C)ccn3c2NC2CCCCC2)ccc1OS(=O)(=O)c1ccc([N+](=O)[O-])cc1. The maximum absolute atomic E-state index is 12.9. The van der Waals surface area contributed by atoms with Crippen molar-refractivity contribution in [3.05, 3.63) is 76.5 Å². The van der Waals surface area contributed by atoms with Gasteiger partial charge in [-0.15, -0.1) is 0 Å². The highest BCUT2D eigenvalue weighted by Gasteiger charge is 2.23. The maximum atomic E-state index is 12.9. The minimum atomic E-state index is -4.25. The second-order valence-electron chi connectivity index (χ2n) is 9.37. The highest BCUT2D eigenvalue weighted by molar-refractivity contribution is 7.87. The first-order chi connectivity index (χ1) is 18.2. The number of methoxy groups -OCH3 is 1. The number of nitrogens with zero attached hydrogens (tertiary/aromatic N) is 3. The van der Waals surface area contributed by atoms with E-state index in [1.807, 2.05) is 29.7 Å². The van der Waals surface area contributed by atoms with E-state index in [1.165, 1.54) is 32.4 Å². The van der Waals surface area contributed by atoms with Crippen molar-refractivity contribution in [2.45, 2.75) is 50.0 Å². The third kappa shape index (κ3) is 5.14. The lowest BCUT2D eigenvalue weighted by molar-refractivity contribution is -0.384. The number of non-ortho nitro benzene ring substituents is 1. The fraction of sp³-hybridized carbons (Fsp3) is 0.296. The molecule has 2 aromatic carbocycles. The number of imidazole rings is 1. The molecule has 198 valence electrons. The van der Waals surface area contributed by atoms with E-state index in [2.05, 4.69) is 5.32 Å². The fourth-order valence-corrected chi connectivity index (χ4v) is 5.65. The van der Waals surface area contributed by atoms with Gasteiger partial charge in [-0.3, -0.25) is 14.5 Å². The molecule has 10 nitrogen and oxygen atoms in total. The van der Waals surface area contributed by atoms with E-state index < -0.39 is 15.0 Å². The Morgan fingerprint density at radius 1 is 1.03 bits per heavy atom. The van der Waals surface area contributed by atoms with Crippen molar-refractivity contribution < 1.29 is 22.3 Å². The normalized spacial score (nSPS) is 14.4. The van der Waals surface area contributed by atoms with Crippen molar-refractivity contribution in [2.75, 3.05) is 12.4 Å². The zero-order chi connectivity index (χ0) is 26.9. The number of aryl methyl sites for hydroxylation is 1. The van der Waals surface area contributed by atoms with Crippen molar-refractivity contribution in [3.63, 3.8) is 0 Å². The van der Waals surface area contributed by atoms with E-state index >= 15 is 0 Å². The number of hydrogen-bond donors (Lipinski definition) is 1. The average molecular weight is 537 g/mol. The Kier molecular flexibility index (Phi) is 6.94. The van der Waals surface area contributed by atoms with E-state index in [9.17, 15) is 18.5 Å². The number of ether oxygens (including phenoxy) is 1. The molecule has 38 heavy (non-hydrogen) atoms. The third-order valence-electron chi connectivity index (χ3n) is 6.70. The van der Waals surface area contributed by atoms with E-state index in [4.69, 9.17) is 13.9 Å². The Morgan fingerprint density at radius 3 is 2.45 bits per heavy atom. The summed E-state index contributed by atoms with van der Waals surface area (Å²) in [7, 11) is -2.82. The zero-order valence-corrected chi connectivity index (χ0v) is 21.9. The predicted octanol–water partition coefficient (Wildman–Crippen LogP) is 5.74. The summed E-state index contributed by atoms with van der Waals surface area (Å²) in [5.74, 6) is 1.09. The van der Waals surface area contributed by atoms with Crippen LogP contribution in [0.2, 0.25) is 0 Å². The zero-order valence-electron chi connectivity index (χ0n) is 21.1. The molecule has 0 radical (unpaired) electrons. The molecular formula is C27H28N4O6S. The van der Waals surface area contributed by atoms with E-state index in [0.717, 1.165) is 65.4 Å². The third-order valence-corrected chi connectivity index (χ3v) is 7.95. The molecule has 1 N–H and O–H groups in total. The number of nitro groups is 1. The lowest BCUT2D eigenvalue weighted by atomic mass is 9.95. The number of benzene rings is 2. The lowest BCUT2D eigenvalue weighted by Crippen LogP contribution is -2.23. The Balaban J connectivity index is 1.50. The van der Waals surface area contributed by atoms with Crippen molar-refractivity contribution in [3.8, 4) is 22.8 Å². The largest absolute Gasteiger partial charge is 0.493 e. The predicted molar refractivity (Wildman–Crippen MR) is 143 cm³/mol. The van der Waals surface area contributed by atoms with Gasteiger partial charge in [0.1, 0.15) is 22.1 Å². The number of aromatic nitrogens is 2. The second-order valence-corrected chi connectivity index (χ2v) is 10.9. The molecule has 0 atom stereocenters. The number of nitrogens with one attached hydrogen (secondary N) is 1. The van der Waals surface area contributed by atoms with Crippen LogP contribution >= 0.6 is 0 Å². The molecule has 0 saturated heterocycles. The molecule has 2 heterocycles. The van der Waals surface area contributed by atoms with Gasteiger partial charge in [0.25, 0.3) is 5.69 Å². The van der Waals surface area contributed by atoms with E-state index in [-0.39, 0.29) is 22.1 Å². The maximum Gasteiger partial charge on any atom is 0.339 e. The molecule has 1 fully saturated rings. The molecule has 0 bridgehead atoms. The van der Waals surface area contributed by atoms with Gasteiger partial charge in [0, 0.05) is 29.9 Å². The number of anilines is 1. The molecule has 0 spiro atoms. The number of fused-ring (bicyclic) bond motifs is 1. The molecule has 1 aliphatic carbocycles. The van der Waals surface area contributed by atoms with Gasteiger partial charge in [0.05, 0.1) is 12.0 Å². The lowest BCUT2D eigenvalue weighted by Gasteiger charge is -2.24. The second kappa shape index (κ2) is 10.3. The van der Waals surface area contributed by atoms with Crippen molar-refractivity contribution in [1.29, 1.82) is 0 Å². The van der Waals surface area contributed by atoms with Crippen molar-refractivity contribution in [1.82, 2.24) is 9.38 Å². The Labute approximate surface area is 220 Å². The van der Waals surface area contributed by atoms with Crippen LogP contribution in [0.1, 0.15) is 37.7 Å². The molecule has 1 aliphatic rings. The topological polar surface area (TPSA) is 125 Å². The highest BCUT2D eigenvalue weighted by atomic mass is 32.2. The Hall–Kier alpha value is -4.12. The Morgan fingerprint density at radius 2 is 1.76 bits per heavy atom. The summed E-state index contributed by atoms with van der Waals surface area (Å²) in [5.41, 5.74) is 3.14. The number of rotatable bonds is 8. The minimum absolute atomic E-state index is 0.00370. The van der Waals surface area contributed by atoms with Crippen LogP contribution in [0.25, 0.3) is 16.9 Å². The molecule has 1 saturated carbocycles. The summed E-state index contributed by atoms with van der Waals surface area (Å²) >= 11 is 0. The molecule has 0 amide bonds. The Bertz CT molecular complexity index is 1590. The van der Waals surface area contributed by atoms with Gasteiger partial charge in [-0.05, 0) is 67.8 Å². The van der Waals surface area contributed by atoms with Crippen LogP contribution in [0.4, 0.5) is 11.5 Å². The first kappa shape index (κ1) is 25.5. The van der Waals surface area contributed by atoms with E-state index in [1.54, 1.807) is 12.1 Å². The van der Waals surface area contributed by atoms with Crippen LogP contribution in [0.3, 0.4) is 0 Å². The average Bonchev–Trinajstić information content (AvgIpc) is 3.26. The van der Waals surface area contributed by atoms with Crippen LogP contribution in [-0.2, 0) is 10.1 Å². The fourth-order valence-electron chi connectivity index (χ4n) is 4.71. The summed E-state index contributed by atoms with van der Waals surface area (Å²) in [6.45, 7) is 2.02. The van der Waals surface area contributed by atoms with Gasteiger partial charge < -0.3 is 14.2 Å². The van der Waals surface area contributed by atoms with Crippen LogP contribution in [0, 0.1) is 17.0 Å². The van der Waals surface area contributed by atoms with Crippen LogP contribution in [-0.4, -0.2) is 35.9 Å². The number of pyridine rings is 1. The summed E-state index contributed by atoms with van der Waals surface area (Å²) < 4.78 is 38.6. The van der Waals surface area contributed by atoms with Gasteiger partial charge in [-0.1, -0.05) is 19.3 Å². The van der Waals surface area contributed by atoms with Crippen LogP contribution in [0.5, 0.6) is 11.5 Å². The standard InChI is InChI=1S/C27H28N4O6S/c1-18-14-15-30-25(16-18)29-26(27(30)28-20-6-4-3-5-7-20)19-8-13-23(24(17-19)36-2)37-38(34,35)22-11-9-21(10-12-22)31(32)33/h8-17,20,28H,3-7H2,1-2H3. The van der Waals surface area contributed by atoms with Gasteiger partial charge in [-0.2, -0.15) is 8.42 Å². The molecule has 5 rings (SSSR count). The van der Waals surface area contributed by atoms with Gasteiger partial charge in [0.2, 0.25) is 0 Å². The first-order valence-corrected chi connectivity index (χ1v) is 13.8. The molecule has 0 aliphatic heterocycles. The summed E-state index contributed by atoms with van der Waals surface area (Å²) in [5, 5.41) is 14.6. The quantitative estimate of drug-likeness (QED) is 0.172. The molecule has 0 unspecified atom stereocenters. The van der Waals surface area contributed by atoms with Gasteiger partial charge in [0.15, 0.2) is 11.5 Å². The molecular weight excluding hydrogens is 508 g/mol. The van der Waals surface area contributed by atoms with Crippen LogP contribution < -0.4 is 14.2 Å². The van der Waals surface area contributed by atoms with Crippen molar-refractivity contribution in [2.24, 2.45) is 0 Å². The molecule has 4 aromatic rings.